The van der Waals surface area contributed by atoms with Crippen molar-refractivity contribution in [2.75, 3.05) is 11.9 Å². The maximum Gasteiger partial charge on any atom is 0.196 e. The van der Waals surface area contributed by atoms with E-state index in [-0.39, 0.29) is 30.1 Å². The van der Waals surface area contributed by atoms with E-state index >= 15 is 0 Å². The molecular formula is C23H25N5OS. The SMILES string of the molecule is [2H]C1([2H])C([2H])([2H])C([2H])([2H])C([2H])(Sc2nnc(CNc3ccc(C#CCO)c(C)c3)n2-c2cccnc2)C1([2H])[2H]. The summed E-state index contributed by atoms with van der Waals surface area (Å²) < 4.78 is 76.0. The van der Waals surface area contributed by atoms with Crippen LogP contribution in [-0.2, 0) is 6.54 Å². The van der Waals surface area contributed by atoms with Gasteiger partial charge in [0.25, 0.3) is 0 Å². The fourth-order valence-electron chi connectivity index (χ4n) is 2.81. The lowest BCUT2D eigenvalue weighted by Crippen LogP contribution is -2.09. The van der Waals surface area contributed by atoms with E-state index in [0.29, 0.717) is 11.5 Å². The number of nitrogens with zero attached hydrogens (tertiary/aromatic N) is 4. The average Bonchev–Trinajstić information content (AvgIpc) is 3.30. The van der Waals surface area contributed by atoms with Crippen molar-refractivity contribution < 1.29 is 17.4 Å². The maximum atomic E-state index is 8.92. The van der Waals surface area contributed by atoms with Gasteiger partial charge in [-0.15, -0.1) is 10.2 Å². The van der Waals surface area contributed by atoms with Crippen LogP contribution in [-0.4, -0.2) is 36.7 Å². The number of aryl methyl sites for hydroxylation is 1. The van der Waals surface area contributed by atoms with Gasteiger partial charge in [-0.05, 0) is 55.6 Å². The minimum absolute atomic E-state index is 0.107. The lowest BCUT2D eigenvalue weighted by atomic mass is 10.1. The van der Waals surface area contributed by atoms with E-state index in [1.807, 2.05) is 13.0 Å². The molecule has 0 atom stereocenters. The Hall–Kier alpha value is -2.82. The van der Waals surface area contributed by atoms with Gasteiger partial charge >= 0.3 is 0 Å². The highest BCUT2D eigenvalue weighted by Gasteiger charge is 2.22. The number of anilines is 1. The monoisotopic (exact) mass is 428 g/mol. The molecule has 1 aliphatic carbocycles. The van der Waals surface area contributed by atoms with Gasteiger partial charge < -0.3 is 10.4 Å². The topological polar surface area (TPSA) is 75.9 Å². The average molecular weight is 429 g/mol. The van der Waals surface area contributed by atoms with Crippen LogP contribution in [0.2, 0.25) is 0 Å². The fraction of sp³-hybridized carbons (Fsp3) is 0.348. The van der Waals surface area contributed by atoms with Gasteiger partial charge in [0.1, 0.15) is 6.61 Å². The second-order valence-corrected chi connectivity index (χ2v) is 7.20. The highest BCUT2D eigenvalue weighted by atomic mass is 32.2. The zero-order valence-corrected chi connectivity index (χ0v) is 16.9. The molecular weight excluding hydrogens is 394 g/mol. The molecule has 2 aromatic heterocycles. The van der Waals surface area contributed by atoms with Crippen molar-refractivity contribution in [1.29, 1.82) is 0 Å². The lowest BCUT2D eigenvalue weighted by molar-refractivity contribution is 0.350. The Balaban J connectivity index is 1.72. The molecule has 1 fully saturated rings. The Morgan fingerprint density at radius 3 is 2.93 bits per heavy atom. The van der Waals surface area contributed by atoms with Crippen LogP contribution < -0.4 is 5.32 Å². The van der Waals surface area contributed by atoms with Crippen LogP contribution in [0.25, 0.3) is 5.69 Å². The molecule has 0 unspecified atom stereocenters. The van der Waals surface area contributed by atoms with Gasteiger partial charge in [0.2, 0.25) is 0 Å². The minimum atomic E-state index is -3.31. The first-order valence-electron chi connectivity index (χ1n) is 13.6. The first kappa shape index (κ1) is 12.1. The van der Waals surface area contributed by atoms with Crippen LogP contribution in [0.15, 0.2) is 47.9 Å². The zero-order valence-electron chi connectivity index (χ0n) is 25.1. The smallest absolute Gasteiger partial charge is 0.196 e. The third kappa shape index (κ3) is 4.84. The minimum Gasteiger partial charge on any atom is -0.384 e. The molecule has 2 heterocycles. The van der Waals surface area contributed by atoms with E-state index in [1.165, 1.54) is 17.0 Å². The molecule has 3 aromatic rings. The Kier molecular flexibility index (Phi) is 3.96. The summed E-state index contributed by atoms with van der Waals surface area (Å²) in [5.41, 5.74) is 2.78. The van der Waals surface area contributed by atoms with E-state index in [1.54, 1.807) is 24.3 Å². The Labute approximate surface area is 193 Å². The van der Waals surface area contributed by atoms with E-state index in [4.69, 9.17) is 17.4 Å². The van der Waals surface area contributed by atoms with Crippen LogP contribution in [0, 0.1) is 18.8 Å². The van der Waals surface area contributed by atoms with Gasteiger partial charge in [-0.1, -0.05) is 36.3 Å². The van der Waals surface area contributed by atoms with Crippen LogP contribution in [0.5, 0.6) is 0 Å². The third-order valence-electron chi connectivity index (χ3n) is 4.19. The molecule has 154 valence electrons. The second-order valence-electron chi connectivity index (χ2n) is 6.22. The summed E-state index contributed by atoms with van der Waals surface area (Å²) in [7, 11) is 0. The summed E-state index contributed by atoms with van der Waals surface area (Å²) in [5, 5.41) is 17.3. The van der Waals surface area contributed by atoms with Gasteiger partial charge in [0.05, 0.1) is 18.4 Å². The van der Waals surface area contributed by atoms with Crippen molar-refractivity contribution in [1.82, 2.24) is 19.7 Å². The number of hydrogen-bond donors (Lipinski definition) is 2. The van der Waals surface area contributed by atoms with Gasteiger partial charge in [-0.3, -0.25) is 9.55 Å². The molecule has 1 aromatic carbocycles. The Morgan fingerprint density at radius 2 is 2.20 bits per heavy atom. The molecule has 6 nitrogen and oxygen atoms in total. The number of aliphatic hydroxyl groups is 1. The summed E-state index contributed by atoms with van der Waals surface area (Å²) in [6, 6.07) is 8.74. The molecule has 4 rings (SSSR count). The molecule has 30 heavy (non-hydrogen) atoms. The quantitative estimate of drug-likeness (QED) is 0.579. The Bertz CT molecular complexity index is 1410. The number of aromatic nitrogens is 4. The molecule has 0 spiro atoms. The number of pyridine rings is 1. The number of thioether (sulfide) groups is 1. The van der Waals surface area contributed by atoms with Crippen molar-refractivity contribution in [3.05, 3.63) is 59.7 Å². The largest absolute Gasteiger partial charge is 0.384 e. The predicted molar refractivity (Wildman–Crippen MR) is 120 cm³/mol. The normalized spacial score (nSPS) is 26.0. The number of rotatable bonds is 6. The highest BCUT2D eigenvalue weighted by Crippen LogP contribution is 2.35. The van der Waals surface area contributed by atoms with Crippen molar-refractivity contribution in [3.8, 4) is 17.5 Å². The van der Waals surface area contributed by atoms with Crippen molar-refractivity contribution >= 4 is 17.4 Å². The fourth-order valence-corrected chi connectivity index (χ4v) is 3.58. The molecule has 7 heteroatoms. The summed E-state index contributed by atoms with van der Waals surface area (Å²) in [5.74, 6) is 5.78. The molecule has 1 aliphatic rings. The molecule has 2 N–H and O–H groups in total. The summed E-state index contributed by atoms with van der Waals surface area (Å²) in [6.45, 7) is 1.73. The van der Waals surface area contributed by atoms with Crippen LogP contribution in [0.1, 0.15) is 54.8 Å². The van der Waals surface area contributed by atoms with E-state index in [0.717, 1.165) is 16.8 Å². The van der Waals surface area contributed by atoms with Crippen LogP contribution >= 0.6 is 11.8 Å². The second kappa shape index (κ2) is 9.79. The van der Waals surface area contributed by atoms with Gasteiger partial charge in [-0.25, -0.2) is 0 Å². The van der Waals surface area contributed by atoms with E-state index in [9.17, 15) is 0 Å². The first-order chi connectivity index (χ1) is 18.1. The maximum absolute atomic E-state index is 8.92. The van der Waals surface area contributed by atoms with E-state index < -0.39 is 30.7 Å². The molecule has 0 radical (unpaired) electrons. The molecule has 0 bridgehead atoms. The highest BCUT2D eigenvalue weighted by molar-refractivity contribution is 7.99. The van der Waals surface area contributed by atoms with Crippen molar-refractivity contribution in [2.45, 2.75) is 49.3 Å². The van der Waals surface area contributed by atoms with Crippen LogP contribution in [0.3, 0.4) is 0 Å². The van der Waals surface area contributed by atoms with Gasteiger partial charge in [0, 0.05) is 35.0 Å². The zero-order chi connectivity index (χ0) is 28.9. The summed E-state index contributed by atoms with van der Waals surface area (Å²) >= 11 is 0.283. The summed E-state index contributed by atoms with van der Waals surface area (Å²) in [6.07, 6.45) is -10.1. The van der Waals surface area contributed by atoms with Crippen LogP contribution in [0.4, 0.5) is 5.69 Å². The van der Waals surface area contributed by atoms with Crippen molar-refractivity contribution in [2.24, 2.45) is 0 Å². The van der Waals surface area contributed by atoms with Gasteiger partial charge in [-0.2, -0.15) is 0 Å². The summed E-state index contributed by atoms with van der Waals surface area (Å²) in [4.78, 5) is 4.09. The number of benzene rings is 1. The van der Waals surface area contributed by atoms with Crippen molar-refractivity contribution in [3.63, 3.8) is 0 Å². The molecule has 1 saturated carbocycles. The molecule has 0 saturated heterocycles. The third-order valence-corrected chi connectivity index (χ3v) is 5.05. The van der Waals surface area contributed by atoms with E-state index in [2.05, 4.69) is 32.3 Å². The number of nitrogens with one attached hydrogen (secondary N) is 1. The molecule has 0 amide bonds. The predicted octanol–water partition coefficient (Wildman–Crippen LogP) is 3.96. The standard InChI is InChI=1S/C23H25N5OS/c1-17-14-19(11-10-18(17)6-5-13-29)25-16-22-26-27-23(30-21-8-2-3-9-21)28(22)20-7-4-12-24-15-20/h4,7,10-12,14-15,21,25,29H,2-3,8-9,13,16H2,1H3/i2D2,3D2,8D2,9D2,21D. The first-order valence-corrected chi connectivity index (χ1v) is 9.92. The number of hydrogen-bond acceptors (Lipinski definition) is 6. The Morgan fingerprint density at radius 1 is 1.33 bits per heavy atom. The van der Waals surface area contributed by atoms with Gasteiger partial charge in [0.15, 0.2) is 11.0 Å². The lowest BCUT2D eigenvalue weighted by Gasteiger charge is -2.13. The number of aliphatic hydroxyl groups excluding tert-OH is 1. The molecule has 0 aliphatic heterocycles.